The highest BCUT2D eigenvalue weighted by molar-refractivity contribution is 9.10. The zero-order valence-electron chi connectivity index (χ0n) is 11.4. The molecule has 22 heavy (non-hydrogen) atoms. The van der Waals surface area contributed by atoms with Crippen molar-refractivity contribution in [2.75, 3.05) is 5.32 Å². The Labute approximate surface area is 133 Å². The highest BCUT2D eigenvalue weighted by Crippen LogP contribution is 2.23. The van der Waals surface area contributed by atoms with Gasteiger partial charge in [-0.15, -0.1) is 0 Å². The Morgan fingerprint density at radius 1 is 1.59 bits per heavy atom. The normalized spacial score (nSPS) is 10.0. The average Bonchev–Trinajstić information content (AvgIpc) is 2.88. The van der Waals surface area contributed by atoms with Gasteiger partial charge in [-0.25, -0.2) is 0 Å². The molecule has 112 valence electrons. The summed E-state index contributed by atoms with van der Waals surface area (Å²) in [6.45, 7) is 2.34. The molecule has 0 aliphatic heterocycles. The van der Waals surface area contributed by atoms with Gasteiger partial charge < -0.3 is 5.32 Å². The van der Waals surface area contributed by atoms with E-state index in [0.717, 1.165) is 6.07 Å². The Bertz CT molecular complexity index is 793. The molecular formula is C13H10BrN5O3. The lowest BCUT2D eigenvalue weighted by atomic mass is 10.1. The number of amides is 1. The number of nitrogens with zero attached hydrogens (tertiary/aromatic N) is 4. The molecule has 8 nitrogen and oxygen atoms in total. The molecule has 0 bridgehead atoms. The molecular weight excluding hydrogens is 354 g/mol. The Balaban J connectivity index is 2.35. The summed E-state index contributed by atoms with van der Waals surface area (Å²) in [5, 5.41) is 26.4. The minimum Gasteiger partial charge on any atom is -0.319 e. The van der Waals surface area contributed by atoms with E-state index < -0.39 is 10.8 Å². The van der Waals surface area contributed by atoms with Gasteiger partial charge in [0.1, 0.15) is 11.8 Å². The first-order chi connectivity index (χ1) is 10.5. The van der Waals surface area contributed by atoms with Crippen LogP contribution in [-0.2, 0) is 6.54 Å². The van der Waals surface area contributed by atoms with E-state index in [-0.39, 0.29) is 16.9 Å². The van der Waals surface area contributed by atoms with Crippen LogP contribution in [0, 0.1) is 21.4 Å². The summed E-state index contributed by atoms with van der Waals surface area (Å²) >= 11 is 3.24. The second kappa shape index (κ2) is 6.36. The fourth-order valence-electron chi connectivity index (χ4n) is 1.86. The van der Waals surface area contributed by atoms with Crippen molar-refractivity contribution < 1.29 is 9.72 Å². The minimum atomic E-state index is -0.602. The lowest BCUT2D eigenvalue weighted by Crippen LogP contribution is -2.18. The molecule has 1 aromatic heterocycles. The molecule has 1 amide bonds. The summed E-state index contributed by atoms with van der Waals surface area (Å²) in [6.07, 6.45) is 1.50. The van der Waals surface area contributed by atoms with Crippen LogP contribution < -0.4 is 5.32 Å². The van der Waals surface area contributed by atoms with Crippen molar-refractivity contribution in [3.63, 3.8) is 0 Å². The third kappa shape index (κ3) is 2.96. The molecule has 0 spiro atoms. The van der Waals surface area contributed by atoms with Crippen molar-refractivity contribution in [3.05, 3.63) is 50.2 Å². The molecule has 1 N–H and O–H groups in total. The number of anilines is 1. The van der Waals surface area contributed by atoms with Crippen LogP contribution in [0.5, 0.6) is 0 Å². The van der Waals surface area contributed by atoms with Gasteiger partial charge in [0.05, 0.1) is 26.8 Å². The van der Waals surface area contributed by atoms with Crippen LogP contribution in [-0.4, -0.2) is 20.6 Å². The Kier molecular flexibility index (Phi) is 4.53. The fraction of sp³-hybridized carbons (Fsp3) is 0.154. The molecule has 0 unspecified atom stereocenters. The number of nitro groups is 1. The van der Waals surface area contributed by atoms with Crippen LogP contribution in [0.15, 0.2) is 28.9 Å². The Morgan fingerprint density at radius 3 is 2.91 bits per heavy atom. The number of halogens is 1. The summed E-state index contributed by atoms with van der Waals surface area (Å²) in [6, 6.07) is 5.50. The van der Waals surface area contributed by atoms with Crippen molar-refractivity contribution in [1.29, 1.82) is 5.26 Å². The first-order valence-electron chi connectivity index (χ1n) is 6.19. The standard InChI is InChI=1S/C13H10BrN5O3/c1-2-18-12(10(14)7-16-18)13(20)17-11-4-3-9(19(21)22)5-8(11)6-15/h3-5,7H,2H2,1H3,(H,17,20). The van der Waals surface area contributed by atoms with Crippen LogP contribution in [0.25, 0.3) is 0 Å². The summed E-state index contributed by atoms with van der Waals surface area (Å²) in [5.74, 6) is -0.462. The van der Waals surface area contributed by atoms with E-state index >= 15 is 0 Å². The highest BCUT2D eigenvalue weighted by Gasteiger charge is 2.19. The van der Waals surface area contributed by atoms with Crippen molar-refractivity contribution >= 4 is 33.2 Å². The van der Waals surface area contributed by atoms with E-state index in [4.69, 9.17) is 5.26 Å². The number of carbonyl (C=O) groups excluding carboxylic acids is 1. The number of benzene rings is 1. The summed E-state index contributed by atoms with van der Waals surface area (Å²) in [5.41, 5.74) is 0.314. The quantitative estimate of drug-likeness (QED) is 0.662. The lowest BCUT2D eigenvalue weighted by Gasteiger charge is -2.08. The number of hydrogen-bond acceptors (Lipinski definition) is 5. The number of nitrogens with one attached hydrogen (secondary N) is 1. The first-order valence-corrected chi connectivity index (χ1v) is 6.98. The van der Waals surface area contributed by atoms with Crippen LogP contribution >= 0.6 is 15.9 Å². The molecule has 0 atom stereocenters. The highest BCUT2D eigenvalue weighted by atomic mass is 79.9. The lowest BCUT2D eigenvalue weighted by molar-refractivity contribution is -0.384. The average molecular weight is 364 g/mol. The van der Waals surface area contributed by atoms with Gasteiger partial charge in [0.2, 0.25) is 0 Å². The first kappa shape index (κ1) is 15.7. The predicted molar refractivity (Wildman–Crippen MR) is 81.4 cm³/mol. The van der Waals surface area contributed by atoms with Gasteiger partial charge >= 0.3 is 0 Å². The predicted octanol–water partition coefficient (Wildman–Crippen LogP) is 2.70. The molecule has 0 aliphatic rings. The molecule has 0 radical (unpaired) electrons. The van der Waals surface area contributed by atoms with Crippen molar-refractivity contribution in [3.8, 4) is 6.07 Å². The molecule has 0 saturated carbocycles. The van der Waals surface area contributed by atoms with Crippen LogP contribution in [0.1, 0.15) is 23.0 Å². The summed E-state index contributed by atoms with van der Waals surface area (Å²) < 4.78 is 2.02. The maximum absolute atomic E-state index is 12.3. The molecule has 0 aliphatic carbocycles. The Hall–Kier alpha value is -2.73. The number of non-ortho nitro benzene ring substituents is 1. The van der Waals surface area contributed by atoms with E-state index in [1.807, 2.05) is 13.0 Å². The SMILES string of the molecule is CCn1ncc(Br)c1C(=O)Nc1ccc([N+](=O)[O-])cc1C#N. The van der Waals surface area contributed by atoms with Crippen molar-refractivity contribution in [2.45, 2.75) is 13.5 Å². The maximum Gasteiger partial charge on any atom is 0.275 e. The van der Waals surface area contributed by atoms with Gasteiger partial charge in [-0.3, -0.25) is 19.6 Å². The molecule has 0 saturated heterocycles. The molecule has 1 heterocycles. The van der Waals surface area contributed by atoms with Crippen LogP contribution in [0.3, 0.4) is 0 Å². The van der Waals surface area contributed by atoms with Crippen molar-refractivity contribution in [2.24, 2.45) is 0 Å². The smallest absolute Gasteiger partial charge is 0.275 e. The van der Waals surface area contributed by atoms with Crippen molar-refractivity contribution in [1.82, 2.24) is 9.78 Å². The van der Waals surface area contributed by atoms with Gasteiger partial charge in [0.15, 0.2) is 0 Å². The van der Waals surface area contributed by atoms with Gasteiger partial charge in [-0.1, -0.05) is 0 Å². The van der Waals surface area contributed by atoms with Gasteiger partial charge in [0, 0.05) is 18.7 Å². The number of hydrogen-bond donors (Lipinski definition) is 1. The Morgan fingerprint density at radius 2 is 2.32 bits per heavy atom. The summed E-state index contributed by atoms with van der Waals surface area (Å²) in [7, 11) is 0. The molecule has 2 rings (SSSR count). The third-order valence-electron chi connectivity index (χ3n) is 2.89. The number of rotatable bonds is 4. The molecule has 1 aromatic carbocycles. The fourth-order valence-corrected chi connectivity index (χ4v) is 2.33. The monoisotopic (exact) mass is 363 g/mol. The van der Waals surface area contributed by atoms with Crippen LogP contribution in [0.2, 0.25) is 0 Å². The second-order valence-corrected chi connectivity index (χ2v) is 5.06. The van der Waals surface area contributed by atoms with Gasteiger partial charge in [-0.2, -0.15) is 10.4 Å². The third-order valence-corrected chi connectivity index (χ3v) is 3.47. The topological polar surface area (TPSA) is 114 Å². The largest absolute Gasteiger partial charge is 0.319 e. The number of aryl methyl sites for hydroxylation is 1. The second-order valence-electron chi connectivity index (χ2n) is 4.21. The zero-order valence-corrected chi connectivity index (χ0v) is 13.0. The van der Waals surface area contributed by atoms with Gasteiger partial charge in [-0.05, 0) is 28.9 Å². The van der Waals surface area contributed by atoms with E-state index in [2.05, 4.69) is 26.3 Å². The van der Waals surface area contributed by atoms with Crippen LogP contribution in [0.4, 0.5) is 11.4 Å². The molecule has 9 heteroatoms. The number of aromatic nitrogens is 2. The molecule has 0 fully saturated rings. The number of nitriles is 1. The molecule has 2 aromatic rings. The van der Waals surface area contributed by atoms with E-state index in [1.165, 1.54) is 23.0 Å². The van der Waals surface area contributed by atoms with E-state index in [1.54, 1.807) is 0 Å². The van der Waals surface area contributed by atoms with E-state index in [0.29, 0.717) is 16.7 Å². The summed E-state index contributed by atoms with van der Waals surface area (Å²) in [4.78, 5) is 22.4. The van der Waals surface area contributed by atoms with Gasteiger partial charge in [0.25, 0.3) is 11.6 Å². The maximum atomic E-state index is 12.3. The minimum absolute atomic E-state index is 0.0150. The zero-order chi connectivity index (χ0) is 16.3. The number of nitro benzene ring substituents is 1. The van der Waals surface area contributed by atoms with E-state index in [9.17, 15) is 14.9 Å². The number of carbonyl (C=O) groups is 1.